The van der Waals surface area contributed by atoms with Crippen LogP contribution in [0.5, 0.6) is 5.75 Å². The van der Waals surface area contributed by atoms with Crippen molar-refractivity contribution in [3.63, 3.8) is 0 Å². The molecule has 3 aliphatic rings. The van der Waals surface area contributed by atoms with Gasteiger partial charge in [0.05, 0.1) is 36.3 Å². The van der Waals surface area contributed by atoms with Crippen LogP contribution in [0.4, 0.5) is 16.2 Å². The number of carbonyl (C=O) groups is 1. The molecule has 1 aromatic carbocycles. The number of anilines is 2. The van der Waals surface area contributed by atoms with Crippen molar-refractivity contribution >= 4 is 29.2 Å². The van der Waals surface area contributed by atoms with Crippen LogP contribution < -0.4 is 20.4 Å². The van der Waals surface area contributed by atoms with Crippen molar-refractivity contribution in [3.8, 4) is 5.75 Å². The molecule has 3 aliphatic heterocycles. The summed E-state index contributed by atoms with van der Waals surface area (Å²) in [5.41, 5.74) is 6.04. The summed E-state index contributed by atoms with van der Waals surface area (Å²) in [7, 11) is 6.04. The number of hydrazine groups is 1. The van der Waals surface area contributed by atoms with Gasteiger partial charge in [-0.15, -0.1) is 0 Å². The van der Waals surface area contributed by atoms with E-state index < -0.39 is 11.6 Å². The van der Waals surface area contributed by atoms with Gasteiger partial charge in [0.2, 0.25) is 0 Å². The molecule has 0 bridgehead atoms. The van der Waals surface area contributed by atoms with E-state index in [1.165, 1.54) is 4.91 Å². The monoisotopic (exact) mass is 548 g/mol. The number of hydrogen-bond donors (Lipinski definition) is 3. The van der Waals surface area contributed by atoms with Crippen LogP contribution in [-0.4, -0.2) is 90.7 Å². The number of rotatable bonds is 11. The van der Waals surface area contributed by atoms with Crippen LogP contribution in [0.1, 0.15) is 47.0 Å². The Morgan fingerprint density at radius 2 is 2.00 bits per heavy atom. The Bertz CT molecular complexity index is 1030. The first-order chi connectivity index (χ1) is 18.0. The van der Waals surface area contributed by atoms with Gasteiger partial charge >= 0.3 is 6.09 Å². The van der Waals surface area contributed by atoms with E-state index in [1.54, 1.807) is 18.9 Å². The number of carboxylic acid groups (broad SMARTS) is 1. The summed E-state index contributed by atoms with van der Waals surface area (Å²) >= 11 is 1.80. The van der Waals surface area contributed by atoms with Crippen LogP contribution in [-0.2, 0) is 4.84 Å². The molecule has 0 spiro atoms. The summed E-state index contributed by atoms with van der Waals surface area (Å²) in [6, 6.07) is 6.95. The third-order valence-corrected chi connectivity index (χ3v) is 8.73. The van der Waals surface area contributed by atoms with Gasteiger partial charge in [-0.2, -0.15) is 5.01 Å². The molecule has 2 fully saturated rings. The summed E-state index contributed by atoms with van der Waals surface area (Å²) < 4.78 is 5.80. The highest BCUT2D eigenvalue weighted by Gasteiger charge is 2.46. The first-order valence-electron chi connectivity index (χ1n) is 13.4. The van der Waals surface area contributed by atoms with E-state index in [0.717, 1.165) is 48.8 Å². The first-order valence-corrected chi connectivity index (χ1v) is 14.3. The predicted octanol–water partition coefficient (Wildman–Crippen LogP) is 4.44. The Labute approximate surface area is 231 Å². The van der Waals surface area contributed by atoms with Crippen molar-refractivity contribution in [2.45, 2.75) is 63.9 Å². The molecule has 2 unspecified atom stereocenters. The molecular formula is C27H44N6O4S. The number of ether oxygens (including phenoxy) is 1. The minimum atomic E-state index is -1.04. The van der Waals surface area contributed by atoms with Crippen LogP contribution in [0.25, 0.3) is 0 Å². The minimum Gasteiger partial charge on any atom is -0.495 e. The van der Waals surface area contributed by atoms with Crippen molar-refractivity contribution in [3.05, 3.63) is 28.8 Å². The zero-order valence-corrected chi connectivity index (χ0v) is 24.6. The number of methoxy groups -OCH3 is 1. The van der Waals surface area contributed by atoms with Crippen LogP contribution in [0.3, 0.4) is 0 Å². The Morgan fingerprint density at radius 1 is 1.29 bits per heavy atom. The number of fused-ring (bicyclic) bond motifs is 1. The largest absolute Gasteiger partial charge is 0.495 e. The van der Waals surface area contributed by atoms with Crippen molar-refractivity contribution in [2.75, 3.05) is 57.9 Å². The standard InChI is InChI=1S/C27H44N6O4S/c1-18(2)15-27(4,28-26(34)35)16-37-33-17-32(25-24(38-25)19(33)3)29-20-8-9-22(23(14-20)36-7)31-12-10-21(11-13-31)30(5)6/h8-9,14,18,21,25,28-29H,10-13,15-17H2,1-7H3,(H,34,35). The average molecular weight is 549 g/mol. The van der Waals surface area contributed by atoms with Gasteiger partial charge in [0.25, 0.3) is 0 Å². The number of piperidine rings is 1. The van der Waals surface area contributed by atoms with Gasteiger partial charge in [0.1, 0.15) is 17.8 Å². The van der Waals surface area contributed by atoms with Gasteiger partial charge < -0.3 is 30.4 Å². The molecule has 38 heavy (non-hydrogen) atoms. The normalized spacial score (nSPS) is 22.0. The maximum Gasteiger partial charge on any atom is 0.405 e. The van der Waals surface area contributed by atoms with Gasteiger partial charge in [0.15, 0.2) is 0 Å². The molecule has 3 N–H and O–H groups in total. The number of nitrogens with one attached hydrogen (secondary N) is 2. The maximum absolute atomic E-state index is 11.4. The first kappa shape index (κ1) is 28.7. The Hall–Kier alpha value is -2.34. The molecule has 212 valence electrons. The minimum absolute atomic E-state index is 0.248. The lowest BCUT2D eigenvalue weighted by atomic mass is 9.92. The molecule has 0 radical (unpaired) electrons. The van der Waals surface area contributed by atoms with Gasteiger partial charge in [-0.05, 0) is 65.3 Å². The lowest BCUT2D eigenvalue weighted by Crippen LogP contribution is -2.52. The summed E-state index contributed by atoms with van der Waals surface area (Å²) in [4.78, 5) is 23.6. The van der Waals surface area contributed by atoms with Crippen molar-refractivity contribution in [1.29, 1.82) is 0 Å². The Kier molecular flexibility index (Phi) is 8.91. The zero-order valence-electron chi connectivity index (χ0n) is 23.8. The van der Waals surface area contributed by atoms with Crippen molar-refractivity contribution < 1.29 is 19.5 Å². The fraction of sp³-hybridized carbons (Fsp3) is 0.667. The number of hydroxylamine groups is 2. The molecule has 0 saturated carbocycles. The summed E-state index contributed by atoms with van der Waals surface area (Å²) in [5, 5.41) is 16.3. The zero-order chi connectivity index (χ0) is 27.6. The third kappa shape index (κ3) is 6.80. The summed E-state index contributed by atoms with van der Waals surface area (Å²) in [5.74, 6) is 1.19. The summed E-state index contributed by atoms with van der Waals surface area (Å²) in [6.45, 7) is 10.9. The van der Waals surface area contributed by atoms with E-state index in [9.17, 15) is 9.90 Å². The smallest absolute Gasteiger partial charge is 0.405 e. The van der Waals surface area contributed by atoms with Gasteiger partial charge in [0, 0.05) is 30.1 Å². The topological polar surface area (TPSA) is 92.8 Å². The quantitative estimate of drug-likeness (QED) is 0.345. The lowest BCUT2D eigenvalue weighted by Gasteiger charge is -2.38. The fourth-order valence-electron chi connectivity index (χ4n) is 5.55. The van der Waals surface area contributed by atoms with Crippen LogP contribution >= 0.6 is 11.8 Å². The van der Waals surface area contributed by atoms with Gasteiger partial charge in [-0.1, -0.05) is 25.6 Å². The highest BCUT2D eigenvalue weighted by molar-refractivity contribution is 8.11. The van der Waals surface area contributed by atoms with Gasteiger partial charge in [-0.3, -0.25) is 4.84 Å². The van der Waals surface area contributed by atoms with E-state index in [2.05, 4.69) is 78.6 Å². The number of nitrogens with zero attached hydrogens (tertiary/aromatic N) is 4. The second-order valence-corrected chi connectivity index (χ2v) is 12.6. The van der Waals surface area contributed by atoms with E-state index in [1.807, 2.05) is 12.0 Å². The highest BCUT2D eigenvalue weighted by atomic mass is 32.2. The molecule has 0 aromatic heterocycles. The SMILES string of the molecule is COc1cc(NN2CN(OCC(C)(CC(C)C)NC(=O)O)C(C)=C3SC32)ccc1N1CCC(N(C)C)CC1. The predicted molar refractivity (Wildman–Crippen MR) is 153 cm³/mol. The van der Waals surface area contributed by atoms with E-state index in [4.69, 9.17) is 9.57 Å². The number of hydrogen-bond acceptors (Lipinski definition) is 9. The molecule has 1 aromatic rings. The van der Waals surface area contributed by atoms with Crippen LogP contribution in [0.2, 0.25) is 0 Å². The van der Waals surface area contributed by atoms with Crippen molar-refractivity contribution in [2.24, 2.45) is 5.92 Å². The number of allylic oxidation sites excluding steroid dienone is 1. The van der Waals surface area contributed by atoms with Gasteiger partial charge in [-0.25, -0.2) is 9.86 Å². The molecule has 2 atom stereocenters. The second-order valence-electron chi connectivity index (χ2n) is 11.5. The third-order valence-electron chi connectivity index (χ3n) is 7.49. The Morgan fingerprint density at radius 3 is 2.61 bits per heavy atom. The average Bonchev–Trinajstić information content (AvgIpc) is 3.66. The van der Waals surface area contributed by atoms with Crippen molar-refractivity contribution in [1.82, 2.24) is 20.3 Å². The molecule has 2 saturated heterocycles. The van der Waals surface area contributed by atoms with Crippen LogP contribution in [0, 0.1) is 5.92 Å². The summed E-state index contributed by atoms with van der Waals surface area (Å²) in [6.07, 6.45) is 1.93. The van der Waals surface area contributed by atoms with E-state index in [0.29, 0.717) is 25.0 Å². The number of amides is 1. The number of thioether (sulfide) groups is 1. The van der Waals surface area contributed by atoms with E-state index in [-0.39, 0.29) is 12.0 Å². The fourth-order valence-corrected chi connectivity index (χ4v) is 6.54. The lowest BCUT2D eigenvalue weighted by molar-refractivity contribution is -0.173. The molecular weight excluding hydrogens is 504 g/mol. The Balaban J connectivity index is 1.41. The molecule has 4 rings (SSSR count). The maximum atomic E-state index is 11.4. The molecule has 11 heteroatoms. The molecule has 10 nitrogen and oxygen atoms in total. The highest BCUT2D eigenvalue weighted by Crippen LogP contribution is 2.53. The van der Waals surface area contributed by atoms with Crippen LogP contribution in [0.15, 0.2) is 28.8 Å². The van der Waals surface area contributed by atoms with E-state index >= 15 is 0 Å². The molecule has 0 aliphatic carbocycles. The second kappa shape index (κ2) is 11.8. The molecule has 3 heterocycles. The molecule has 1 amide bonds. The number of benzene rings is 1.